The van der Waals surface area contributed by atoms with E-state index in [0.717, 1.165) is 38.5 Å². The molecule has 1 aromatic carbocycles. The molecule has 6 heteroatoms. The normalized spacial score (nSPS) is 35.1. The molecular formula is C28H41FN2O3. The van der Waals surface area contributed by atoms with E-state index in [4.69, 9.17) is 0 Å². The molecule has 0 aromatic heterocycles. The molecule has 1 aromatic rings. The number of hydrogen-bond acceptors (Lipinski definition) is 3. The Kier molecular flexibility index (Phi) is 7.66. The molecule has 3 fully saturated rings. The van der Waals surface area contributed by atoms with E-state index in [0.29, 0.717) is 5.56 Å². The van der Waals surface area contributed by atoms with Gasteiger partial charge in [-0.15, -0.1) is 0 Å². The molecule has 0 spiro atoms. The third-order valence-corrected chi connectivity index (χ3v) is 9.32. The Balaban J connectivity index is 1.43. The number of aliphatic hydroxyl groups excluding tert-OH is 1. The number of nitrogens with one attached hydrogen (secondary N) is 2. The lowest BCUT2D eigenvalue weighted by Gasteiger charge is -2.56. The van der Waals surface area contributed by atoms with Crippen LogP contribution >= 0.6 is 0 Å². The van der Waals surface area contributed by atoms with Crippen molar-refractivity contribution in [2.24, 2.45) is 29.1 Å². The second kappa shape index (κ2) is 10.3. The molecular weight excluding hydrogens is 431 g/mol. The van der Waals surface area contributed by atoms with E-state index < -0.39 is 6.10 Å². The molecule has 0 saturated heterocycles. The highest BCUT2D eigenvalue weighted by Crippen LogP contribution is 2.55. The van der Waals surface area contributed by atoms with Crippen LogP contribution in [0.1, 0.15) is 88.9 Å². The zero-order valence-corrected chi connectivity index (χ0v) is 20.9. The van der Waals surface area contributed by atoms with E-state index >= 15 is 0 Å². The van der Waals surface area contributed by atoms with Gasteiger partial charge < -0.3 is 15.7 Å². The predicted octanol–water partition coefficient (Wildman–Crippen LogP) is 4.83. The number of fused-ring (bicyclic) bond motifs is 1. The number of rotatable bonds is 5. The summed E-state index contributed by atoms with van der Waals surface area (Å²) in [4.78, 5) is 25.9. The predicted molar refractivity (Wildman–Crippen MR) is 131 cm³/mol. The van der Waals surface area contributed by atoms with Gasteiger partial charge in [-0.1, -0.05) is 40.0 Å². The van der Waals surface area contributed by atoms with Gasteiger partial charge in [0, 0.05) is 23.6 Å². The molecule has 3 aliphatic rings. The van der Waals surface area contributed by atoms with Crippen molar-refractivity contribution >= 4 is 11.8 Å². The van der Waals surface area contributed by atoms with Gasteiger partial charge in [-0.05, 0) is 86.0 Å². The maximum absolute atomic E-state index is 13.2. The molecule has 2 amide bonds. The summed E-state index contributed by atoms with van der Waals surface area (Å²) in [6, 6.07) is 5.81. The Bertz CT molecular complexity index is 869. The van der Waals surface area contributed by atoms with Crippen molar-refractivity contribution in [3.05, 3.63) is 35.6 Å². The zero-order valence-electron chi connectivity index (χ0n) is 20.9. The van der Waals surface area contributed by atoms with E-state index in [9.17, 15) is 19.1 Å². The summed E-state index contributed by atoms with van der Waals surface area (Å²) in [7, 11) is 0. The zero-order chi connectivity index (χ0) is 24.5. The van der Waals surface area contributed by atoms with E-state index in [1.54, 1.807) is 0 Å². The molecule has 3 N–H and O–H groups in total. The van der Waals surface area contributed by atoms with Crippen molar-refractivity contribution in [3.8, 4) is 0 Å². The molecule has 3 aliphatic carbocycles. The van der Waals surface area contributed by atoms with Gasteiger partial charge in [0.25, 0.3) is 5.91 Å². The maximum atomic E-state index is 13.2. The smallest absolute Gasteiger partial charge is 0.251 e. The van der Waals surface area contributed by atoms with Crippen LogP contribution in [0.15, 0.2) is 24.3 Å². The first-order chi connectivity index (χ1) is 16.2. The molecule has 4 rings (SSSR count). The van der Waals surface area contributed by atoms with Crippen molar-refractivity contribution < 1.29 is 19.1 Å². The van der Waals surface area contributed by atoms with Gasteiger partial charge in [-0.25, -0.2) is 4.39 Å². The highest BCUT2D eigenvalue weighted by molar-refractivity contribution is 5.94. The first-order valence-corrected chi connectivity index (χ1v) is 13.2. The fourth-order valence-electron chi connectivity index (χ4n) is 7.12. The molecule has 188 valence electrons. The van der Waals surface area contributed by atoms with Crippen LogP contribution in [0.5, 0.6) is 0 Å². The van der Waals surface area contributed by atoms with Gasteiger partial charge in [0.1, 0.15) is 5.82 Å². The van der Waals surface area contributed by atoms with Crippen molar-refractivity contribution in [2.75, 3.05) is 0 Å². The second-order valence-corrected chi connectivity index (χ2v) is 11.5. The molecule has 34 heavy (non-hydrogen) atoms. The summed E-state index contributed by atoms with van der Waals surface area (Å²) in [5, 5.41) is 18.0. The number of benzene rings is 1. The van der Waals surface area contributed by atoms with Crippen LogP contribution in [-0.2, 0) is 4.79 Å². The van der Waals surface area contributed by atoms with Gasteiger partial charge in [0.15, 0.2) is 0 Å². The lowest BCUT2D eigenvalue weighted by Crippen LogP contribution is -2.58. The summed E-state index contributed by atoms with van der Waals surface area (Å²) in [5.74, 6) is -0.709. The Morgan fingerprint density at radius 3 is 2.35 bits per heavy atom. The summed E-state index contributed by atoms with van der Waals surface area (Å²) in [5.41, 5.74) is 0.448. The summed E-state index contributed by atoms with van der Waals surface area (Å²) < 4.78 is 13.2. The lowest BCUT2D eigenvalue weighted by atomic mass is 9.51. The average Bonchev–Trinajstić information content (AvgIpc) is 2.81. The van der Waals surface area contributed by atoms with E-state index in [2.05, 4.69) is 24.5 Å². The van der Waals surface area contributed by atoms with Crippen LogP contribution in [0, 0.1) is 34.9 Å². The highest BCUT2D eigenvalue weighted by atomic mass is 19.1. The number of aliphatic hydroxyl groups is 1. The van der Waals surface area contributed by atoms with Crippen LogP contribution in [-0.4, -0.2) is 35.1 Å². The summed E-state index contributed by atoms with van der Waals surface area (Å²) in [6.07, 6.45) is 8.77. The Morgan fingerprint density at radius 1 is 1.03 bits per heavy atom. The first-order valence-electron chi connectivity index (χ1n) is 13.2. The van der Waals surface area contributed by atoms with E-state index in [-0.39, 0.29) is 58.8 Å². The Labute approximate surface area is 203 Å². The largest absolute Gasteiger partial charge is 0.392 e. The minimum absolute atomic E-state index is 0.00595. The number of amides is 2. The monoisotopic (exact) mass is 472 g/mol. The summed E-state index contributed by atoms with van der Waals surface area (Å²) >= 11 is 0. The number of carbonyl (C=O) groups is 2. The maximum Gasteiger partial charge on any atom is 0.251 e. The van der Waals surface area contributed by atoms with E-state index in [1.807, 2.05) is 6.92 Å². The van der Waals surface area contributed by atoms with Gasteiger partial charge >= 0.3 is 0 Å². The summed E-state index contributed by atoms with van der Waals surface area (Å²) in [6.45, 7) is 6.35. The molecule has 7 unspecified atom stereocenters. The van der Waals surface area contributed by atoms with Gasteiger partial charge in [0.05, 0.1) is 6.10 Å². The third-order valence-electron chi connectivity index (χ3n) is 9.32. The quantitative estimate of drug-likeness (QED) is 0.574. The van der Waals surface area contributed by atoms with Crippen molar-refractivity contribution in [1.82, 2.24) is 10.6 Å². The SMILES string of the molecule is CC(C(=O)NC1CCCCC1)C1CCC2(C)CCC(NC(=O)c3ccc(F)cc3)C(C)C2C1O. The fraction of sp³-hybridized carbons (Fsp3) is 0.714. The highest BCUT2D eigenvalue weighted by Gasteiger charge is 2.54. The van der Waals surface area contributed by atoms with Gasteiger partial charge in [-0.3, -0.25) is 9.59 Å². The van der Waals surface area contributed by atoms with Crippen LogP contribution in [0.3, 0.4) is 0 Å². The Morgan fingerprint density at radius 2 is 1.68 bits per heavy atom. The lowest BCUT2D eigenvalue weighted by molar-refractivity contribution is -0.142. The minimum atomic E-state index is -0.577. The topological polar surface area (TPSA) is 78.4 Å². The van der Waals surface area contributed by atoms with Crippen molar-refractivity contribution in [3.63, 3.8) is 0 Å². The number of hydrogen-bond donors (Lipinski definition) is 3. The average molecular weight is 473 g/mol. The third kappa shape index (κ3) is 5.17. The van der Waals surface area contributed by atoms with Crippen LogP contribution < -0.4 is 10.6 Å². The van der Waals surface area contributed by atoms with Crippen LogP contribution in [0.2, 0.25) is 0 Å². The van der Waals surface area contributed by atoms with Crippen LogP contribution in [0.25, 0.3) is 0 Å². The Hall–Kier alpha value is -1.95. The van der Waals surface area contributed by atoms with Crippen molar-refractivity contribution in [2.45, 2.75) is 96.7 Å². The molecule has 3 saturated carbocycles. The van der Waals surface area contributed by atoms with Gasteiger partial charge in [0.2, 0.25) is 5.91 Å². The molecule has 0 heterocycles. The number of carbonyl (C=O) groups excluding carboxylic acids is 2. The van der Waals surface area contributed by atoms with E-state index in [1.165, 1.54) is 43.5 Å². The standard InChI is InChI=1S/C28H41FN2O3/c1-17(26(33)30-21-7-5-4-6-8-21)22-13-15-28(3)16-14-23(18(2)24(28)25(22)32)31-27(34)19-9-11-20(29)12-10-19/h9-12,17-18,21-25,32H,4-8,13-16H2,1-3H3,(H,30,33)(H,31,34). The molecule has 0 aliphatic heterocycles. The molecule has 0 radical (unpaired) electrons. The van der Waals surface area contributed by atoms with Crippen molar-refractivity contribution in [1.29, 1.82) is 0 Å². The van der Waals surface area contributed by atoms with Gasteiger partial charge in [-0.2, -0.15) is 0 Å². The minimum Gasteiger partial charge on any atom is -0.392 e. The number of halogens is 1. The van der Waals surface area contributed by atoms with Crippen LogP contribution in [0.4, 0.5) is 4.39 Å². The first kappa shape index (κ1) is 25.2. The molecule has 0 bridgehead atoms. The second-order valence-electron chi connectivity index (χ2n) is 11.5. The molecule has 5 nitrogen and oxygen atoms in total. The fourth-order valence-corrected chi connectivity index (χ4v) is 7.12. The molecule has 7 atom stereocenters.